The topological polar surface area (TPSA) is 91.5 Å². The highest BCUT2D eigenvalue weighted by Crippen LogP contribution is 2.33. The molecule has 0 radical (unpaired) electrons. The fourth-order valence-corrected chi connectivity index (χ4v) is 5.68. The first-order chi connectivity index (χ1) is 14.8. The predicted octanol–water partition coefficient (Wildman–Crippen LogP) is 5.01. The van der Waals surface area contributed by atoms with E-state index < -0.39 is 5.60 Å². The second kappa shape index (κ2) is 9.06. The number of amides is 1. The van der Waals surface area contributed by atoms with Crippen LogP contribution < -0.4 is 10.5 Å². The van der Waals surface area contributed by atoms with Gasteiger partial charge in [-0.05, 0) is 73.5 Å². The van der Waals surface area contributed by atoms with Gasteiger partial charge in [0.1, 0.15) is 0 Å². The van der Waals surface area contributed by atoms with Gasteiger partial charge < -0.3 is 20.5 Å². The van der Waals surface area contributed by atoms with Gasteiger partial charge in [0.15, 0.2) is 5.13 Å². The fraction of sp³-hybridized carbons (Fsp3) is 0.391. The molecule has 2 aromatic carbocycles. The molecule has 4 rings (SSSR count). The Bertz CT molecular complexity index is 1060. The summed E-state index contributed by atoms with van der Waals surface area (Å²) in [7, 11) is 0. The summed E-state index contributed by atoms with van der Waals surface area (Å²) in [6.07, 6.45) is 2.06. The molecule has 4 N–H and O–H groups in total. The van der Waals surface area contributed by atoms with Gasteiger partial charge in [0.2, 0.25) is 0 Å². The molecule has 2 heterocycles. The third-order valence-electron chi connectivity index (χ3n) is 5.58. The number of nitrogens with two attached hydrogens (primary N) is 1. The normalized spacial score (nSPS) is 16.1. The van der Waals surface area contributed by atoms with Crippen molar-refractivity contribution in [2.45, 2.75) is 43.6 Å². The minimum atomic E-state index is -0.638. The maximum absolute atomic E-state index is 12.9. The molecular formula is C23H28N4O2S2. The van der Waals surface area contributed by atoms with E-state index in [1.54, 1.807) is 0 Å². The van der Waals surface area contributed by atoms with Crippen LogP contribution in [0.3, 0.4) is 0 Å². The van der Waals surface area contributed by atoms with Crippen LogP contribution in [-0.2, 0) is 0 Å². The molecule has 6 nitrogen and oxygen atoms in total. The lowest BCUT2D eigenvalue weighted by Crippen LogP contribution is -2.47. The van der Waals surface area contributed by atoms with Crippen molar-refractivity contribution in [3.8, 4) is 0 Å². The summed E-state index contributed by atoms with van der Waals surface area (Å²) in [5.74, 6) is 0.471. The molecule has 0 bridgehead atoms. The van der Waals surface area contributed by atoms with Crippen LogP contribution in [0.5, 0.6) is 0 Å². The number of benzene rings is 2. The molecule has 3 aromatic rings. The van der Waals surface area contributed by atoms with Gasteiger partial charge in [0, 0.05) is 24.3 Å². The monoisotopic (exact) mass is 456 g/mol. The van der Waals surface area contributed by atoms with E-state index in [-0.39, 0.29) is 5.91 Å². The number of nitrogens with zero attached hydrogens (tertiary/aromatic N) is 2. The Morgan fingerprint density at radius 2 is 1.97 bits per heavy atom. The number of hydrogen-bond acceptors (Lipinski definition) is 7. The van der Waals surface area contributed by atoms with Crippen molar-refractivity contribution in [3.05, 3.63) is 48.0 Å². The Morgan fingerprint density at radius 1 is 1.26 bits per heavy atom. The van der Waals surface area contributed by atoms with E-state index in [0.717, 1.165) is 27.2 Å². The average molecular weight is 457 g/mol. The number of aliphatic hydroxyl groups is 1. The van der Waals surface area contributed by atoms with E-state index in [2.05, 4.69) is 23.6 Å². The number of carbonyl (C=O) groups excluding carboxylic acids is 1. The summed E-state index contributed by atoms with van der Waals surface area (Å²) in [6.45, 7) is 5.43. The minimum absolute atomic E-state index is 0.0218. The number of carbonyl (C=O) groups is 1. The molecule has 0 atom stereocenters. The number of thiazole rings is 1. The molecule has 1 amide bonds. The summed E-state index contributed by atoms with van der Waals surface area (Å²) in [4.78, 5) is 20.1. The molecule has 0 unspecified atom stereocenters. The van der Waals surface area contributed by atoms with Crippen molar-refractivity contribution in [1.82, 2.24) is 9.88 Å². The number of fused-ring (bicyclic) bond motifs is 1. The van der Waals surface area contributed by atoms with Crippen LogP contribution in [0.1, 0.15) is 43.5 Å². The van der Waals surface area contributed by atoms with E-state index in [1.807, 2.05) is 47.4 Å². The second-order valence-corrected chi connectivity index (χ2v) is 10.5. The van der Waals surface area contributed by atoms with Crippen LogP contribution in [-0.4, -0.2) is 39.6 Å². The van der Waals surface area contributed by atoms with E-state index in [1.165, 1.54) is 23.3 Å². The fourth-order valence-electron chi connectivity index (χ4n) is 4.09. The summed E-state index contributed by atoms with van der Waals surface area (Å²) in [5, 5.41) is 11.3. The smallest absolute Gasteiger partial charge is 0.253 e. The Morgan fingerprint density at radius 3 is 2.65 bits per heavy atom. The number of para-hydroxylation sites is 1. The van der Waals surface area contributed by atoms with Crippen LogP contribution >= 0.6 is 23.3 Å². The second-order valence-electron chi connectivity index (χ2n) is 8.55. The lowest BCUT2D eigenvalue weighted by molar-refractivity contribution is -0.0311. The molecule has 1 saturated heterocycles. The number of nitrogen functional groups attached to an aromatic ring is 1. The highest BCUT2D eigenvalue weighted by atomic mass is 32.2. The third-order valence-corrected chi connectivity index (χ3v) is 7.32. The maximum Gasteiger partial charge on any atom is 0.253 e. The highest BCUT2D eigenvalue weighted by Gasteiger charge is 2.34. The quantitative estimate of drug-likeness (QED) is 0.452. The molecule has 0 spiro atoms. The zero-order chi connectivity index (χ0) is 22.0. The minimum Gasteiger partial charge on any atom is -0.390 e. The van der Waals surface area contributed by atoms with Gasteiger partial charge in [-0.1, -0.05) is 31.3 Å². The third kappa shape index (κ3) is 5.14. The Labute approximate surface area is 191 Å². The molecule has 31 heavy (non-hydrogen) atoms. The maximum atomic E-state index is 12.9. The van der Waals surface area contributed by atoms with E-state index in [9.17, 15) is 9.90 Å². The molecule has 164 valence electrons. The largest absolute Gasteiger partial charge is 0.390 e. The first kappa shape index (κ1) is 21.9. The number of likely N-dealkylation sites (tertiary alicyclic amines) is 1. The van der Waals surface area contributed by atoms with Gasteiger partial charge in [-0.3, -0.25) is 4.79 Å². The van der Waals surface area contributed by atoms with Crippen LogP contribution in [0, 0.1) is 5.92 Å². The van der Waals surface area contributed by atoms with E-state index in [0.29, 0.717) is 42.5 Å². The standard InChI is InChI=1S/C23H28N4O2S2/c1-15(2)14-23(29)10-12-27(13-11-23)21(28)16-6-8-17(9-7-16)26-31-19-5-3-4-18-20(19)25-22(24)30-18/h3-9,15,26,29H,10-14H2,1-2H3,(H2,24,25). The average Bonchev–Trinajstić information content (AvgIpc) is 3.12. The van der Waals surface area contributed by atoms with Gasteiger partial charge in [0.25, 0.3) is 5.91 Å². The Balaban J connectivity index is 1.35. The van der Waals surface area contributed by atoms with Crippen molar-refractivity contribution >= 4 is 50.2 Å². The summed E-state index contributed by atoms with van der Waals surface area (Å²) in [6, 6.07) is 13.5. The first-order valence-corrected chi connectivity index (χ1v) is 12.2. The van der Waals surface area contributed by atoms with E-state index in [4.69, 9.17) is 5.73 Å². The summed E-state index contributed by atoms with van der Waals surface area (Å²) in [5.41, 5.74) is 7.67. The zero-order valence-electron chi connectivity index (χ0n) is 17.8. The highest BCUT2D eigenvalue weighted by molar-refractivity contribution is 8.00. The van der Waals surface area contributed by atoms with Crippen LogP contribution in [0.2, 0.25) is 0 Å². The Hall–Kier alpha value is -2.29. The number of hydrogen-bond donors (Lipinski definition) is 3. The number of piperidine rings is 1. The predicted molar refractivity (Wildman–Crippen MR) is 129 cm³/mol. The van der Waals surface area contributed by atoms with Crippen molar-refractivity contribution in [2.75, 3.05) is 23.5 Å². The lowest BCUT2D eigenvalue weighted by Gasteiger charge is -2.39. The molecule has 1 aromatic heterocycles. The van der Waals surface area contributed by atoms with Crippen molar-refractivity contribution < 1.29 is 9.90 Å². The van der Waals surface area contributed by atoms with Crippen molar-refractivity contribution in [2.24, 2.45) is 5.92 Å². The lowest BCUT2D eigenvalue weighted by atomic mass is 9.84. The summed E-state index contributed by atoms with van der Waals surface area (Å²) >= 11 is 2.96. The number of nitrogens with one attached hydrogen (secondary N) is 1. The van der Waals surface area contributed by atoms with Crippen molar-refractivity contribution in [3.63, 3.8) is 0 Å². The van der Waals surface area contributed by atoms with Gasteiger partial charge in [0.05, 0.1) is 20.7 Å². The number of aromatic nitrogens is 1. The Kier molecular flexibility index (Phi) is 6.41. The molecule has 0 aliphatic carbocycles. The van der Waals surface area contributed by atoms with Crippen molar-refractivity contribution in [1.29, 1.82) is 0 Å². The van der Waals surface area contributed by atoms with Gasteiger partial charge in [-0.25, -0.2) is 4.98 Å². The molecular weight excluding hydrogens is 428 g/mol. The molecule has 8 heteroatoms. The first-order valence-electron chi connectivity index (χ1n) is 10.5. The van der Waals surface area contributed by atoms with Gasteiger partial charge in [-0.15, -0.1) is 0 Å². The zero-order valence-corrected chi connectivity index (χ0v) is 19.4. The molecule has 0 saturated carbocycles. The molecule has 1 aliphatic rings. The van der Waals surface area contributed by atoms with Gasteiger partial charge >= 0.3 is 0 Å². The van der Waals surface area contributed by atoms with Crippen LogP contribution in [0.15, 0.2) is 47.4 Å². The number of rotatable bonds is 6. The van der Waals surface area contributed by atoms with Crippen LogP contribution in [0.25, 0.3) is 10.2 Å². The van der Waals surface area contributed by atoms with Gasteiger partial charge in [-0.2, -0.15) is 0 Å². The van der Waals surface area contributed by atoms with Crippen LogP contribution in [0.4, 0.5) is 10.8 Å². The SMILES string of the molecule is CC(C)CC1(O)CCN(C(=O)c2ccc(NSc3cccc4sc(N)nc34)cc2)CC1. The molecule has 1 aliphatic heterocycles. The number of anilines is 2. The molecule has 1 fully saturated rings. The summed E-state index contributed by atoms with van der Waals surface area (Å²) < 4.78 is 4.38. The van der Waals surface area contributed by atoms with E-state index >= 15 is 0 Å².